The second-order valence-corrected chi connectivity index (χ2v) is 15.2. The van der Waals surface area contributed by atoms with Crippen LogP contribution in [0.4, 0.5) is 40.8 Å². The van der Waals surface area contributed by atoms with Crippen LogP contribution in [0.1, 0.15) is 49.7 Å². The van der Waals surface area contributed by atoms with Crippen molar-refractivity contribution in [3.05, 3.63) is 133 Å². The minimum absolute atomic E-state index is 0.0673. The Morgan fingerprint density at radius 1 is 0.603 bits per heavy atom. The predicted octanol–water partition coefficient (Wildman–Crippen LogP) is 7.53. The Kier molecular flexibility index (Phi) is 25.6. The lowest BCUT2D eigenvalue weighted by atomic mass is 9.92. The first-order chi connectivity index (χ1) is 35.0. The zero-order chi connectivity index (χ0) is 53.7. The van der Waals surface area contributed by atoms with E-state index < -0.39 is 43.7 Å². The number of ether oxygens (including phenoxy) is 2. The molecule has 0 saturated carbocycles. The highest BCUT2D eigenvalue weighted by Crippen LogP contribution is 2.27. The molecule has 0 aliphatic rings. The molecule has 382 valence electrons. The van der Waals surface area contributed by atoms with Gasteiger partial charge in [0.15, 0.2) is 0 Å². The largest absolute Gasteiger partial charge is 0.481 e. The van der Waals surface area contributed by atoms with Crippen molar-refractivity contribution in [1.29, 1.82) is 0 Å². The molecular formula is C53H53F4N7O9. The minimum Gasteiger partial charge on any atom is -0.481 e. The van der Waals surface area contributed by atoms with Gasteiger partial charge in [-0.15, -0.1) is 12.8 Å². The summed E-state index contributed by atoms with van der Waals surface area (Å²) in [6.45, 7) is -2.89. The molecule has 9 N–H and O–H groups in total. The van der Waals surface area contributed by atoms with E-state index in [2.05, 4.69) is 63.7 Å². The van der Waals surface area contributed by atoms with E-state index in [9.17, 15) is 42.5 Å². The van der Waals surface area contributed by atoms with Gasteiger partial charge in [-0.1, -0.05) is 48.5 Å². The molecule has 0 aliphatic carbocycles. The number of carbonyl (C=O) groups is 2. The van der Waals surface area contributed by atoms with Crippen molar-refractivity contribution in [3.63, 3.8) is 0 Å². The summed E-state index contributed by atoms with van der Waals surface area (Å²) >= 11 is 0. The summed E-state index contributed by atoms with van der Waals surface area (Å²) in [4.78, 5) is 40.4. The molecule has 4 aromatic carbocycles. The van der Waals surface area contributed by atoms with Crippen LogP contribution in [0, 0.1) is 36.5 Å². The maximum atomic E-state index is 12.3. The second-order valence-electron chi connectivity index (χ2n) is 15.2. The van der Waals surface area contributed by atoms with E-state index in [0.717, 1.165) is 11.1 Å². The van der Waals surface area contributed by atoms with Crippen molar-refractivity contribution in [2.75, 3.05) is 30.4 Å². The van der Waals surface area contributed by atoms with Crippen LogP contribution in [0.3, 0.4) is 0 Å². The molecule has 0 spiro atoms. The van der Waals surface area contributed by atoms with Crippen LogP contribution < -0.4 is 25.8 Å². The monoisotopic (exact) mass is 1010 g/mol. The fourth-order valence-electron chi connectivity index (χ4n) is 5.91. The fraction of sp³-hybridized carbons (Fsp3) is 0.245. The normalized spacial score (nSPS) is 11.8. The highest BCUT2D eigenvalue weighted by molar-refractivity contribution is 5.86. The van der Waals surface area contributed by atoms with Gasteiger partial charge in [-0.05, 0) is 115 Å². The quantitative estimate of drug-likeness (QED) is 0.0272. The van der Waals surface area contributed by atoms with E-state index in [1.165, 1.54) is 24.3 Å². The number of carboxylic acid groups (broad SMARTS) is 1. The third-order valence-electron chi connectivity index (χ3n) is 9.68. The molecule has 0 saturated heterocycles. The van der Waals surface area contributed by atoms with Crippen LogP contribution >= 0.6 is 0 Å². The number of nitrogens with one attached hydrogen (secondary N) is 2. The number of nitrogens with two attached hydrogens (primary N) is 1. The lowest BCUT2D eigenvalue weighted by Gasteiger charge is -2.15. The lowest BCUT2D eigenvalue weighted by Crippen LogP contribution is -2.18. The molecule has 2 heterocycles. The molecule has 16 nitrogen and oxygen atoms in total. The average Bonchev–Trinajstić information content (AvgIpc) is 3.37. The number of anilines is 4. The van der Waals surface area contributed by atoms with Crippen molar-refractivity contribution < 1.29 is 62.2 Å². The summed E-state index contributed by atoms with van der Waals surface area (Å²) in [5, 5.41) is 51.5. The smallest absolute Gasteiger partial charge is 0.387 e. The van der Waals surface area contributed by atoms with Gasteiger partial charge < -0.3 is 51.4 Å². The van der Waals surface area contributed by atoms with Gasteiger partial charge in [-0.25, -0.2) is 19.9 Å². The number of aliphatic hydroxyl groups excluding tert-OH is 4. The van der Waals surface area contributed by atoms with Crippen LogP contribution in [0.15, 0.2) is 122 Å². The number of ketones is 1. The molecule has 73 heavy (non-hydrogen) atoms. The fourth-order valence-corrected chi connectivity index (χ4v) is 5.91. The SMILES string of the molecule is C#CC#CC#C.C[C@@H](O)CCC(=O)[C@H](CO)c1ccc(Nc2ncc(-c3ccc(OC(F)F)cc3)cn2)cc1.C[C@@H](O)CN.O=C(O)[C@H](CO)c1ccc(Nc2ncc(-c3ccc(OC(F)F)cc3)cn2)cc1. The van der Waals surface area contributed by atoms with E-state index in [-0.39, 0.29) is 36.4 Å². The number of aliphatic carboxylic acids is 1. The van der Waals surface area contributed by atoms with E-state index in [1.54, 1.807) is 111 Å². The summed E-state index contributed by atoms with van der Waals surface area (Å²) in [6.07, 6.45) is 15.4. The molecule has 20 heteroatoms. The van der Waals surface area contributed by atoms with Crippen LogP contribution in [-0.4, -0.2) is 102 Å². The Labute approximate surface area is 419 Å². The number of hydrogen-bond acceptors (Lipinski definition) is 15. The molecule has 0 amide bonds. The van der Waals surface area contributed by atoms with Crippen molar-refractivity contribution in [1.82, 2.24) is 19.9 Å². The number of benzene rings is 4. The van der Waals surface area contributed by atoms with E-state index >= 15 is 0 Å². The maximum absolute atomic E-state index is 12.3. The Hall–Kier alpha value is -8.42. The summed E-state index contributed by atoms with van der Waals surface area (Å²) in [7, 11) is 0. The van der Waals surface area contributed by atoms with Crippen molar-refractivity contribution in [2.24, 2.45) is 5.73 Å². The van der Waals surface area contributed by atoms with E-state index in [4.69, 9.17) is 28.8 Å². The number of halogens is 4. The van der Waals surface area contributed by atoms with Crippen LogP contribution in [0.5, 0.6) is 11.5 Å². The molecule has 4 atom stereocenters. The van der Waals surface area contributed by atoms with Crippen molar-refractivity contribution in [3.8, 4) is 70.3 Å². The first kappa shape index (κ1) is 58.9. The molecule has 6 rings (SSSR count). The number of terminal acetylenes is 2. The summed E-state index contributed by atoms with van der Waals surface area (Å²) in [5.74, 6) is 6.61. The Bertz CT molecular complexity index is 2710. The number of hydrogen-bond donors (Lipinski definition) is 8. The zero-order valence-corrected chi connectivity index (χ0v) is 39.4. The van der Waals surface area contributed by atoms with Gasteiger partial charge in [-0.3, -0.25) is 9.59 Å². The van der Waals surface area contributed by atoms with Gasteiger partial charge in [-0.2, -0.15) is 17.6 Å². The number of alkyl halides is 4. The highest BCUT2D eigenvalue weighted by Gasteiger charge is 2.21. The first-order valence-corrected chi connectivity index (χ1v) is 21.9. The molecule has 0 fully saturated rings. The number of aromatic nitrogens is 4. The Balaban J connectivity index is 0.000000321. The number of nitrogens with zero attached hydrogens (tertiary/aromatic N) is 4. The zero-order valence-electron chi connectivity index (χ0n) is 39.4. The Morgan fingerprint density at radius 3 is 1.25 bits per heavy atom. The molecule has 0 bridgehead atoms. The topological polar surface area (TPSA) is 255 Å². The van der Waals surface area contributed by atoms with Gasteiger partial charge in [0.1, 0.15) is 23.2 Å². The number of carbonyl (C=O) groups excluding carboxylic acids is 1. The van der Waals surface area contributed by atoms with Crippen LogP contribution in [-0.2, 0) is 9.59 Å². The first-order valence-electron chi connectivity index (χ1n) is 21.9. The Morgan fingerprint density at radius 2 is 0.959 bits per heavy atom. The minimum atomic E-state index is -2.87. The summed E-state index contributed by atoms with van der Waals surface area (Å²) < 4.78 is 57.6. The third-order valence-corrected chi connectivity index (χ3v) is 9.68. The van der Waals surface area contributed by atoms with E-state index in [1.807, 2.05) is 0 Å². The van der Waals surface area contributed by atoms with Crippen LogP contribution in [0.2, 0.25) is 0 Å². The van der Waals surface area contributed by atoms with Gasteiger partial charge in [0.2, 0.25) is 11.9 Å². The summed E-state index contributed by atoms with van der Waals surface area (Å²) in [5.41, 5.74) is 10.3. The maximum Gasteiger partial charge on any atom is 0.387 e. The molecule has 0 radical (unpaired) electrons. The van der Waals surface area contributed by atoms with Crippen molar-refractivity contribution >= 4 is 35.0 Å². The van der Waals surface area contributed by atoms with Gasteiger partial charge >= 0.3 is 19.2 Å². The van der Waals surface area contributed by atoms with Crippen LogP contribution in [0.25, 0.3) is 22.3 Å². The number of rotatable bonds is 20. The number of Topliss-reactive ketones (excluding diaryl/α,β-unsaturated/α-hetero) is 1. The third kappa shape index (κ3) is 21.6. The molecule has 2 aromatic heterocycles. The standard InChI is InChI=1S/C24H25F2N3O4.C20H17F2N3O4.C6H2.C3H9NO/c1-15(31)2-11-22(32)21(14-30)17-3-7-19(8-4-17)29-24-27-12-18(13-28-24)16-5-9-20(10-6-16)33-23(25)26;21-19(22)29-16-7-3-12(4-8-16)14-9-23-20(24-10-14)25-15-5-1-13(2-6-15)17(11-26)18(27)28;1-3-5-6-4-2;1-3(5)2-4/h3-10,12-13,15,21,23,30-31H,2,11,14H2,1H3,(H,27,28,29);1-10,17,19,26H,11H2,(H,27,28)(H,23,24,25);1-2H;3,5H,2,4H2,1H3/t15-,21-;17-;;3-/m11.1/s1. The van der Waals surface area contributed by atoms with Gasteiger partial charge in [0.25, 0.3) is 0 Å². The molecule has 0 aliphatic heterocycles. The number of aliphatic hydroxyl groups is 4. The van der Waals surface area contributed by atoms with Gasteiger partial charge in [0, 0.05) is 60.3 Å². The molecular weight excluding hydrogens is 955 g/mol. The second kappa shape index (κ2) is 31.7. The highest BCUT2D eigenvalue weighted by atomic mass is 19.3. The van der Waals surface area contributed by atoms with Crippen molar-refractivity contribution in [2.45, 2.75) is 64.0 Å². The van der Waals surface area contributed by atoms with Gasteiger partial charge in [0.05, 0.1) is 31.3 Å². The predicted molar refractivity (Wildman–Crippen MR) is 267 cm³/mol. The average molecular weight is 1010 g/mol. The molecule has 0 unspecified atom stereocenters. The lowest BCUT2D eigenvalue weighted by molar-refractivity contribution is -0.139. The number of carboxylic acids is 1. The van der Waals surface area contributed by atoms with E-state index in [0.29, 0.717) is 58.5 Å². The molecule has 6 aromatic rings. The summed E-state index contributed by atoms with van der Waals surface area (Å²) in [6, 6.07) is 25.9.